The van der Waals surface area contributed by atoms with Crippen LogP contribution in [0.4, 0.5) is 14.9 Å². The number of amides is 2. The predicted molar refractivity (Wildman–Crippen MR) is 111 cm³/mol. The van der Waals surface area contributed by atoms with Crippen LogP contribution in [0.15, 0.2) is 27.7 Å². The quantitative estimate of drug-likeness (QED) is 0.635. The molecule has 1 aliphatic carbocycles. The van der Waals surface area contributed by atoms with Crippen LogP contribution in [0.2, 0.25) is 0 Å². The second-order valence-electron chi connectivity index (χ2n) is 8.15. The van der Waals surface area contributed by atoms with Crippen molar-refractivity contribution in [2.75, 3.05) is 5.32 Å². The van der Waals surface area contributed by atoms with Crippen molar-refractivity contribution < 1.29 is 27.1 Å². The molecule has 3 rings (SSSR count). The maximum Gasteiger partial charge on any atom is 0.333 e. The third kappa shape index (κ3) is 4.37. The van der Waals surface area contributed by atoms with Crippen LogP contribution in [0.5, 0.6) is 0 Å². The smallest absolute Gasteiger partial charge is 0.333 e. The number of rotatable bonds is 5. The van der Waals surface area contributed by atoms with Crippen molar-refractivity contribution in [2.24, 2.45) is 0 Å². The molecule has 2 amide bonds. The Labute approximate surface area is 175 Å². The first-order chi connectivity index (χ1) is 14.0. The van der Waals surface area contributed by atoms with Gasteiger partial charge in [0, 0.05) is 23.6 Å². The number of urea groups is 1. The summed E-state index contributed by atoms with van der Waals surface area (Å²) in [5.74, 6) is -0.314. The van der Waals surface area contributed by atoms with Gasteiger partial charge < -0.3 is 14.8 Å². The zero-order valence-electron chi connectivity index (χ0n) is 17.5. The van der Waals surface area contributed by atoms with Crippen molar-refractivity contribution in [3.05, 3.63) is 46.5 Å². The maximum atomic E-state index is 14.4. The molecule has 1 aromatic carbocycles. The van der Waals surface area contributed by atoms with Gasteiger partial charge in [0.15, 0.2) is 0 Å². The fourth-order valence-electron chi connectivity index (χ4n) is 3.75. The minimum Gasteiger partial charge on any atom is -0.447 e. The van der Waals surface area contributed by atoms with Crippen LogP contribution in [0.1, 0.15) is 80.9 Å². The van der Waals surface area contributed by atoms with Gasteiger partial charge in [0.25, 0.3) is 10.0 Å². The fourth-order valence-corrected chi connectivity index (χ4v) is 4.63. The zero-order valence-corrected chi connectivity index (χ0v) is 18.3. The number of sulfonamides is 1. The summed E-state index contributed by atoms with van der Waals surface area (Å²) in [6.45, 7) is 7.38. The standard InChI is InChI=1S/C21H27FN2O5S/c1-11(2)13-8-9-15(22)19(12(3)4)20(13)23-21(26)24-30(27,28)18-10-14-16(25)6-5-7-17(14)29-18/h8-12,16,25H,5-7H2,1-4H3,(H2,23,24,26). The number of aliphatic hydroxyl groups excluding tert-OH is 1. The third-order valence-electron chi connectivity index (χ3n) is 5.21. The highest BCUT2D eigenvalue weighted by atomic mass is 32.2. The number of hydrogen-bond acceptors (Lipinski definition) is 5. The third-order valence-corrected chi connectivity index (χ3v) is 6.40. The normalized spacial score (nSPS) is 16.6. The SMILES string of the molecule is CC(C)c1ccc(F)c(C(C)C)c1NC(=O)NS(=O)(=O)c1cc2c(o1)CCCC2O. The molecule has 3 N–H and O–H groups in total. The molecule has 2 aromatic rings. The van der Waals surface area contributed by atoms with Gasteiger partial charge in [0.1, 0.15) is 11.6 Å². The van der Waals surface area contributed by atoms with Gasteiger partial charge in [-0.15, -0.1) is 0 Å². The Bertz CT molecular complexity index is 1060. The Hall–Kier alpha value is -2.39. The Morgan fingerprint density at radius 1 is 1.23 bits per heavy atom. The lowest BCUT2D eigenvalue weighted by Crippen LogP contribution is -2.35. The van der Waals surface area contributed by atoms with E-state index in [4.69, 9.17) is 4.42 Å². The zero-order chi connectivity index (χ0) is 22.2. The molecule has 30 heavy (non-hydrogen) atoms. The van der Waals surface area contributed by atoms with Gasteiger partial charge in [0.2, 0.25) is 5.09 Å². The highest BCUT2D eigenvalue weighted by Gasteiger charge is 2.29. The summed E-state index contributed by atoms with van der Waals surface area (Å²) in [4.78, 5) is 12.6. The highest BCUT2D eigenvalue weighted by molar-refractivity contribution is 7.89. The highest BCUT2D eigenvalue weighted by Crippen LogP contribution is 2.35. The van der Waals surface area contributed by atoms with Crippen LogP contribution < -0.4 is 10.0 Å². The molecule has 0 spiro atoms. The molecule has 0 radical (unpaired) electrons. The summed E-state index contributed by atoms with van der Waals surface area (Å²) in [6, 6.07) is 3.16. The molecule has 0 saturated heterocycles. The molecule has 1 atom stereocenters. The number of carbonyl (C=O) groups is 1. The minimum absolute atomic E-state index is 0.0201. The van der Waals surface area contributed by atoms with E-state index in [-0.39, 0.29) is 17.5 Å². The van der Waals surface area contributed by atoms with E-state index in [9.17, 15) is 22.7 Å². The molecular weight excluding hydrogens is 411 g/mol. The Morgan fingerprint density at radius 3 is 2.53 bits per heavy atom. The second-order valence-corrected chi connectivity index (χ2v) is 9.76. The van der Waals surface area contributed by atoms with Crippen LogP contribution in [0.25, 0.3) is 0 Å². The summed E-state index contributed by atoms with van der Waals surface area (Å²) in [5.41, 5.74) is 1.70. The molecule has 164 valence electrons. The molecular formula is C21H27FN2O5S. The van der Waals surface area contributed by atoms with Crippen molar-refractivity contribution in [3.63, 3.8) is 0 Å². The molecule has 1 aliphatic rings. The van der Waals surface area contributed by atoms with Gasteiger partial charge in [-0.1, -0.05) is 33.8 Å². The van der Waals surface area contributed by atoms with Crippen molar-refractivity contribution in [3.8, 4) is 0 Å². The topological polar surface area (TPSA) is 109 Å². The van der Waals surface area contributed by atoms with Crippen LogP contribution >= 0.6 is 0 Å². The molecule has 0 bridgehead atoms. The number of nitrogens with one attached hydrogen (secondary N) is 2. The maximum absolute atomic E-state index is 14.4. The second kappa shape index (κ2) is 8.39. The molecule has 1 unspecified atom stereocenters. The van der Waals surface area contributed by atoms with E-state index < -0.39 is 33.1 Å². The number of fused-ring (bicyclic) bond motifs is 1. The number of aryl methyl sites for hydroxylation is 1. The number of furan rings is 1. The summed E-state index contributed by atoms with van der Waals surface area (Å²) in [6.07, 6.45) is 0.942. The first-order valence-electron chi connectivity index (χ1n) is 9.98. The molecule has 1 aromatic heterocycles. The number of carbonyl (C=O) groups excluding carboxylic acids is 1. The number of benzene rings is 1. The molecule has 0 saturated carbocycles. The molecule has 0 fully saturated rings. The van der Waals surface area contributed by atoms with Crippen LogP contribution in [0.3, 0.4) is 0 Å². The van der Waals surface area contributed by atoms with E-state index in [1.165, 1.54) is 12.1 Å². The van der Waals surface area contributed by atoms with Gasteiger partial charge in [-0.25, -0.2) is 13.9 Å². The first-order valence-corrected chi connectivity index (χ1v) is 11.5. The Kier molecular flexibility index (Phi) is 6.24. The lowest BCUT2D eigenvalue weighted by molar-refractivity contribution is 0.152. The van der Waals surface area contributed by atoms with Crippen LogP contribution in [0, 0.1) is 5.82 Å². The lowest BCUT2D eigenvalue weighted by Gasteiger charge is -2.21. The van der Waals surface area contributed by atoms with Gasteiger partial charge in [-0.05, 0) is 36.3 Å². The van der Waals surface area contributed by atoms with Gasteiger partial charge in [-0.3, -0.25) is 0 Å². The van der Waals surface area contributed by atoms with E-state index in [1.54, 1.807) is 19.9 Å². The van der Waals surface area contributed by atoms with Crippen molar-refractivity contribution in [1.82, 2.24) is 4.72 Å². The minimum atomic E-state index is -4.31. The van der Waals surface area contributed by atoms with E-state index in [0.29, 0.717) is 41.7 Å². The van der Waals surface area contributed by atoms with Crippen LogP contribution in [-0.2, 0) is 16.4 Å². The van der Waals surface area contributed by atoms with E-state index in [2.05, 4.69) is 5.32 Å². The van der Waals surface area contributed by atoms with Gasteiger partial charge in [-0.2, -0.15) is 8.42 Å². The average Bonchev–Trinajstić information content (AvgIpc) is 3.07. The fraction of sp³-hybridized carbons (Fsp3) is 0.476. The number of hydrogen-bond donors (Lipinski definition) is 3. The number of halogens is 1. The summed E-state index contributed by atoms with van der Waals surface area (Å²) >= 11 is 0. The predicted octanol–water partition coefficient (Wildman–Crippen LogP) is 4.55. The van der Waals surface area contributed by atoms with E-state index in [0.717, 1.165) is 0 Å². The van der Waals surface area contributed by atoms with Crippen molar-refractivity contribution >= 4 is 21.7 Å². The lowest BCUT2D eigenvalue weighted by atomic mass is 9.92. The van der Waals surface area contributed by atoms with Crippen molar-refractivity contribution in [2.45, 2.75) is 70.0 Å². The summed E-state index contributed by atoms with van der Waals surface area (Å²) < 4.78 is 47.0. The monoisotopic (exact) mass is 438 g/mol. The van der Waals surface area contributed by atoms with Crippen LogP contribution in [-0.4, -0.2) is 19.6 Å². The van der Waals surface area contributed by atoms with E-state index in [1.807, 2.05) is 18.6 Å². The van der Waals surface area contributed by atoms with Crippen molar-refractivity contribution in [1.29, 1.82) is 0 Å². The Morgan fingerprint density at radius 2 is 1.93 bits per heavy atom. The summed E-state index contributed by atoms with van der Waals surface area (Å²) in [5, 5.41) is 12.1. The molecule has 1 heterocycles. The first kappa shape index (κ1) is 22.3. The number of aliphatic hydroxyl groups is 1. The van der Waals surface area contributed by atoms with Gasteiger partial charge >= 0.3 is 6.03 Å². The molecule has 9 heteroatoms. The summed E-state index contributed by atoms with van der Waals surface area (Å²) in [7, 11) is -4.31. The Balaban J connectivity index is 1.88. The molecule has 7 nitrogen and oxygen atoms in total. The number of anilines is 1. The van der Waals surface area contributed by atoms with E-state index >= 15 is 0 Å². The largest absolute Gasteiger partial charge is 0.447 e. The molecule has 0 aliphatic heterocycles. The average molecular weight is 439 g/mol. The van der Waals surface area contributed by atoms with Gasteiger partial charge in [0.05, 0.1) is 11.8 Å².